The van der Waals surface area contributed by atoms with Crippen molar-refractivity contribution in [3.63, 3.8) is 0 Å². The summed E-state index contributed by atoms with van der Waals surface area (Å²) in [5, 5.41) is 2.95. The van der Waals surface area contributed by atoms with Crippen LogP contribution in [0.4, 0.5) is 5.69 Å². The predicted octanol–water partition coefficient (Wildman–Crippen LogP) is 3.38. The van der Waals surface area contributed by atoms with E-state index in [1.165, 1.54) is 6.07 Å². The summed E-state index contributed by atoms with van der Waals surface area (Å²) in [5.74, 6) is 0.0530. The monoisotopic (exact) mass is 416 g/mol. The van der Waals surface area contributed by atoms with E-state index in [1.54, 1.807) is 49.1 Å². The minimum atomic E-state index is -0.946. The molecule has 7 heteroatoms. The predicted molar refractivity (Wildman–Crippen MR) is 119 cm³/mol. The van der Waals surface area contributed by atoms with Gasteiger partial charge in [0.05, 0.1) is 0 Å². The lowest BCUT2D eigenvalue weighted by molar-refractivity contribution is -0.124. The zero-order valence-electron chi connectivity index (χ0n) is 17.5. The highest BCUT2D eigenvalue weighted by atomic mass is 16.2. The maximum absolute atomic E-state index is 13.3. The molecule has 1 unspecified atom stereocenters. The molecule has 1 atom stereocenters. The third kappa shape index (κ3) is 4.12. The number of aryl methyl sites for hydroxylation is 1. The van der Waals surface area contributed by atoms with Crippen LogP contribution in [0.25, 0.3) is 11.4 Å². The van der Waals surface area contributed by atoms with Crippen LogP contribution in [0.15, 0.2) is 65.5 Å². The molecule has 4 rings (SSSR count). The Bertz CT molecular complexity index is 1190. The normalized spacial score (nSPS) is 18.1. The Morgan fingerprint density at radius 1 is 1.10 bits per heavy atom. The molecule has 3 aromatic rings. The SMILES string of the molecule is Cc1cc(=O)[nH]c(-c2cccc(NC(=O)C3(C)CCCN3C(=O)c3ccccc3)c2)n1. The van der Waals surface area contributed by atoms with E-state index < -0.39 is 5.54 Å². The first-order valence-electron chi connectivity index (χ1n) is 10.2. The first-order valence-corrected chi connectivity index (χ1v) is 10.2. The number of amides is 2. The molecule has 1 fully saturated rings. The molecule has 1 aliphatic rings. The fourth-order valence-electron chi connectivity index (χ4n) is 3.99. The van der Waals surface area contributed by atoms with Crippen LogP contribution < -0.4 is 10.9 Å². The third-order valence-corrected chi connectivity index (χ3v) is 5.66. The van der Waals surface area contributed by atoms with Gasteiger partial charge in [0.25, 0.3) is 11.5 Å². The zero-order valence-corrected chi connectivity index (χ0v) is 17.5. The molecule has 0 saturated carbocycles. The molecule has 7 nitrogen and oxygen atoms in total. The van der Waals surface area contributed by atoms with Crippen LogP contribution in [0.2, 0.25) is 0 Å². The lowest BCUT2D eigenvalue weighted by Gasteiger charge is -2.34. The van der Waals surface area contributed by atoms with Gasteiger partial charge >= 0.3 is 0 Å². The number of aromatic amines is 1. The summed E-state index contributed by atoms with van der Waals surface area (Å²) in [6.45, 7) is 4.09. The number of carbonyl (C=O) groups excluding carboxylic acids is 2. The molecule has 2 amide bonds. The lowest BCUT2D eigenvalue weighted by atomic mass is 9.96. The molecule has 2 aromatic carbocycles. The average molecular weight is 416 g/mol. The van der Waals surface area contributed by atoms with E-state index in [4.69, 9.17) is 0 Å². The second-order valence-electron chi connectivity index (χ2n) is 7.97. The number of H-pyrrole nitrogens is 1. The van der Waals surface area contributed by atoms with Gasteiger partial charge < -0.3 is 15.2 Å². The first-order chi connectivity index (χ1) is 14.9. The molecule has 1 saturated heterocycles. The maximum Gasteiger partial charge on any atom is 0.254 e. The van der Waals surface area contributed by atoms with E-state index in [0.717, 1.165) is 6.42 Å². The van der Waals surface area contributed by atoms with Gasteiger partial charge in [0.15, 0.2) is 0 Å². The number of hydrogen-bond donors (Lipinski definition) is 2. The number of carbonyl (C=O) groups is 2. The van der Waals surface area contributed by atoms with E-state index in [2.05, 4.69) is 15.3 Å². The van der Waals surface area contributed by atoms with Gasteiger partial charge in [0, 0.05) is 35.1 Å². The third-order valence-electron chi connectivity index (χ3n) is 5.66. The summed E-state index contributed by atoms with van der Waals surface area (Å²) in [5.41, 5.74) is 1.27. The van der Waals surface area contributed by atoms with Crippen LogP contribution in [-0.4, -0.2) is 38.8 Å². The van der Waals surface area contributed by atoms with Gasteiger partial charge in [-0.3, -0.25) is 14.4 Å². The summed E-state index contributed by atoms with van der Waals surface area (Å²) in [4.78, 5) is 46.8. The molecule has 2 N–H and O–H groups in total. The van der Waals surface area contributed by atoms with Gasteiger partial charge in [-0.05, 0) is 51.0 Å². The largest absolute Gasteiger partial charge is 0.324 e. The molecule has 0 aliphatic carbocycles. The summed E-state index contributed by atoms with van der Waals surface area (Å²) in [6, 6.07) is 17.6. The second-order valence-corrected chi connectivity index (χ2v) is 7.97. The molecular formula is C24H24N4O3. The summed E-state index contributed by atoms with van der Waals surface area (Å²) in [7, 11) is 0. The number of aromatic nitrogens is 2. The van der Waals surface area contributed by atoms with Crippen molar-refractivity contribution in [1.29, 1.82) is 0 Å². The average Bonchev–Trinajstić information content (AvgIpc) is 3.16. The molecule has 2 heterocycles. The first kappa shape index (κ1) is 20.5. The Labute approximate surface area is 180 Å². The van der Waals surface area contributed by atoms with E-state index in [1.807, 2.05) is 24.3 Å². The van der Waals surface area contributed by atoms with Crippen molar-refractivity contribution in [3.05, 3.63) is 82.3 Å². The van der Waals surface area contributed by atoms with Crippen molar-refractivity contribution in [2.75, 3.05) is 11.9 Å². The zero-order chi connectivity index (χ0) is 22.0. The lowest BCUT2D eigenvalue weighted by Crippen LogP contribution is -2.53. The molecule has 1 aromatic heterocycles. The Hall–Kier alpha value is -3.74. The molecule has 158 valence electrons. The van der Waals surface area contributed by atoms with Crippen molar-refractivity contribution in [2.24, 2.45) is 0 Å². The molecule has 0 bridgehead atoms. The van der Waals surface area contributed by atoms with Crippen molar-refractivity contribution in [1.82, 2.24) is 14.9 Å². The van der Waals surface area contributed by atoms with Crippen LogP contribution in [-0.2, 0) is 4.79 Å². The molecule has 0 radical (unpaired) electrons. The Morgan fingerprint density at radius 2 is 1.87 bits per heavy atom. The summed E-state index contributed by atoms with van der Waals surface area (Å²) in [6.07, 6.45) is 1.35. The van der Waals surface area contributed by atoms with Crippen LogP contribution in [0.5, 0.6) is 0 Å². The second kappa shape index (κ2) is 8.18. The minimum Gasteiger partial charge on any atom is -0.324 e. The maximum atomic E-state index is 13.3. The fourth-order valence-corrected chi connectivity index (χ4v) is 3.99. The number of hydrogen-bond acceptors (Lipinski definition) is 4. The number of anilines is 1. The van der Waals surface area contributed by atoms with Gasteiger partial charge in [-0.2, -0.15) is 0 Å². The van der Waals surface area contributed by atoms with Crippen LogP contribution in [0, 0.1) is 6.92 Å². The smallest absolute Gasteiger partial charge is 0.254 e. The summed E-state index contributed by atoms with van der Waals surface area (Å²) < 4.78 is 0. The molecule has 0 spiro atoms. The molecular weight excluding hydrogens is 392 g/mol. The van der Waals surface area contributed by atoms with Gasteiger partial charge in [-0.25, -0.2) is 4.98 Å². The molecule has 1 aliphatic heterocycles. The number of rotatable bonds is 4. The molecule has 31 heavy (non-hydrogen) atoms. The topological polar surface area (TPSA) is 95.2 Å². The number of benzene rings is 2. The highest BCUT2D eigenvalue weighted by Crippen LogP contribution is 2.32. The van der Waals surface area contributed by atoms with Gasteiger partial charge in [-0.1, -0.05) is 30.3 Å². The van der Waals surface area contributed by atoms with Gasteiger partial charge in [0.1, 0.15) is 11.4 Å². The van der Waals surface area contributed by atoms with Crippen LogP contribution in [0.3, 0.4) is 0 Å². The standard InChI is InChI=1S/C24H24N4O3/c1-16-14-20(29)27-21(25-16)18-10-6-11-19(15-18)26-23(31)24(2)12-7-13-28(24)22(30)17-8-4-3-5-9-17/h3-6,8-11,14-15H,7,12-13H2,1-2H3,(H,26,31)(H,25,27,29). The Morgan fingerprint density at radius 3 is 2.61 bits per heavy atom. The van der Waals surface area contributed by atoms with Gasteiger partial charge in [-0.15, -0.1) is 0 Å². The van der Waals surface area contributed by atoms with E-state index >= 15 is 0 Å². The Balaban J connectivity index is 1.57. The highest BCUT2D eigenvalue weighted by Gasteiger charge is 2.45. The van der Waals surface area contributed by atoms with Crippen molar-refractivity contribution in [2.45, 2.75) is 32.2 Å². The number of nitrogens with zero attached hydrogens (tertiary/aromatic N) is 2. The van der Waals surface area contributed by atoms with E-state index in [0.29, 0.717) is 41.3 Å². The number of likely N-dealkylation sites (tertiary alicyclic amines) is 1. The summed E-state index contributed by atoms with van der Waals surface area (Å²) >= 11 is 0. The fraction of sp³-hybridized carbons (Fsp3) is 0.250. The number of nitrogens with one attached hydrogen (secondary N) is 2. The minimum absolute atomic E-state index is 0.147. The van der Waals surface area contributed by atoms with Crippen molar-refractivity contribution >= 4 is 17.5 Å². The highest BCUT2D eigenvalue weighted by molar-refractivity contribution is 6.04. The van der Waals surface area contributed by atoms with Gasteiger partial charge in [0.2, 0.25) is 5.91 Å². The van der Waals surface area contributed by atoms with Crippen molar-refractivity contribution < 1.29 is 9.59 Å². The van der Waals surface area contributed by atoms with E-state index in [9.17, 15) is 14.4 Å². The van der Waals surface area contributed by atoms with Crippen molar-refractivity contribution in [3.8, 4) is 11.4 Å². The Kier molecular flexibility index (Phi) is 5.42. The quantitative estimate of drug-likeness (QED) is 0.682. The van der Waals surface area contributed by atoms with Crippen LogP contribution in [0.1, 0.15) is 35.8 Å². The van der Waals surface area contributed by atoms with E-state index in [-0.39, 0.29) is 17.4 Å². The van der Waals surface area contributed by atoms with Crippen LogP contribution >= 0.6 is 0 Å².